The number of aliphatic hydroxyl groups is 1. The molecule has 0 aliphatic rings. The maximum atomic E-state index is 9.67. The fourth-order valence-corrected chi connectivity index (χ4v) is 1.25. The topological polar surface area (TPSA) is 29.5 Å². The van der Waals surface area contributed by atoms with E-state index in [1.165, 1.54) is 0 Å². The molecule has 0 heterocycles. The molecule has 0 fully saturated rings. The molecule has 13 heavy (non-hydrogen) atoms. The minimum Gasteiger partial charge on any atom is -0.390 e. The van der Waals surface area contributed by atoms with Crippen molar-refractivity contribution in [3.63, 3.8) is 0 Å². The zero-order valence-electron chi connectivity index (χ0n) is 8.84. The van der Waals surface area contributed by atoms with E-state index in [-0.39, 0.29) is 12.2 Å². The quantitative estimate of drug-likeness (QED) is 0.639. The van der Waals surface area contributed by atoms with Crippen molar-refractivity contribution in [3.8, 4) is 11.8 Å². The molecule has 0 aromatic heterocycles. The smallest absolute Gasteiger partial charge is 0.0831 e. The van der Waals surface area contributed by atoms with Gasteiger partial charge in [0.15, 0.2) is 0 Å². The van der Waals surface area contributed by atoms with Crippen LogP contribution in [0.1, 0.15) is 40.0 Å². The van der Waals surface area contributed by atoms with Crippen molar-refractivity contribution < 1.29 is 9.84 Å². The van der Waals surface area contributed by atoms with Crippen LogP contribution in [0.15, 0.2) is 0 Å². The molecular formula is C11H20O2. The van der Waals surface area contributed by atoms with E-state index in [9.17, 15) is 5.11 Å². The molecule has 0 bridgehead atoms. The summed E-state index contributed by atoms with van der Waals surface area (Å²) in [5.74, 6) is 5.74. The molecule has 0 radical (unpaired) electrons. The summed E-state index contributed by atoms with van der Waals surface area (Å²) in [5.41, 5.74) is 0. The molecular weight excluding hydrogens is 164 g/mol. The van der Waals surface area contributed by atoms with Crippen molar-refractivity contribution in [2.75, 3.05) is 6.61 Å². The lowest BCUT2D eigenvalue weighted by molar-refractivity contribution is -0.0365. The molecule has 0 aliphatic carbocycles. The highest BCUT2D eigenvalue weighted by molar-refractivity contribution is 4.95. The third-order valence-electron chi connectivity index (χ3n) is 1.95. The molecule has 76 valence electrons. The monoisotopic (exact) mass is 184 g/mol. The largest absolute Gasteiger partial charge is 0.390 e. The molecule has 2 atom stereocenters. The molecule has 1 N–H and O–H groups in total. The average molecular weight is 184 g/mol. The van der Waals surface area contributed by atoms with Crippen molar-refractivity contribution in [1.82, 2.24) is 0 Å². The zero-order chi connectivity index (χ0) is 10.1. The average Bonchev–Trinajstić information content (AvgIpc) is 2.14. The Balaban J connectivity index is 3.73. The highest BCUT2D eigenvalue weighted by Crippen LogP contribution is 2.09. The Morgan fingerprint density at radius 1 is 1.38 bits per heavy atom. The van der Waals surface area contributed by atoms with Crippen molar-refractivity contribution in [1.29, 1.82) is 0 Å². The Morgan fingerprint density at radius 3 is 2.54 bits per heavy atom. The minimum absolute atomic E-state index is 0.0244. The predicted molar refractivity (Wildman–Crippen MR) is 54.4 cm³/mol. The number of rotatable bonds is 6. The van der Waals surface area contributed by atoms with Gasteiger partial charge in [-0.2, -0.15) is 0 Å². The van der Waals surface area contributed by atoms with Crippen LogP contribution in [0.4, 0.5) is 0 Å². The number of aliphatic hydroxyl groups excluding tert-OH is 1. The van der Waals surface area contributed by atoms with Gasteiger partial charge in [0.25, 0.3) is 0 Å². The molecule has 0 amide bonds. The summed E-state index contributed by atoms with van der Waals surface area (Å²) >= 11 is 0. The second-order valence-electron chi connectivity index (χ2n) is 2.93. The normalized spacial score (nSPS) is 14.5. The lowest BCUT2D eigenvalue weighted by Gasteiger charge is -2.20. The summed E-state index contributed by atoms with van der Waals surface area (Å²) in [4.78, 5) is 0. The first kappa shape index (κ1) is 12.5. The predicted octanol–water partition coefficient (Wildman–Crippen LogP) is 1.97. The highest BCUT2D eigenvalue weighted by atomic mass is 16.5. The minimum atomic E-state index is -0.370. The van der Waals surface area contributed by atoms with Gasteiger partial charge >= 0.3 is 0 Å². The van der Waals surface area contributed by atoms with E-state index < -0.39 is 0 Å². The summed E-state index contributed by atoms with van der Waals surface area (Å²) < 4.78 is 5.39. The van der Waals surface area contributed by atoms with Crippen LogP contribution in [0.5, 0.6) is 0 Å². The molecule has 2 unspecified atom stereocenters. The first-order valence-electron chi connectivity index (χ1n) is 4.95. The first-order chi connectivity index (χ1) is 6.26. The Labute approximate surface area is 81.3 Å². The maximum Gasteiger partial charge on any atom is 0.0831 e. The van der Waals surface area contributed by atoms with Crippen molar-refractivity contribution >= 4 is 0 Å². The molecule has 2 nitrogen and oxygen atoms in total. The Kier molecular flexibility index (Phi) is 7.77. The Hall–Kier alpha value is -0.520. The number of ether oxygens (including phenoxy) is 1. The van der Waals surface area contributed by atoms with E-state index in [1.54, 1.807) is 0 Å². The molecule has 0 spiro atoms. The molecule has 0 rings (SSSR count). The van der Waals surface area contributed by atoms with Crippen molar-refractivity contribution in [3.05, 3.63) is 0 Å². The van der Waals surface area contributed by atoms with E-state index in [0.717, 1.165) is 12.8 Å². The van der Waals surface area contributed by atoms with E-state index in [4.69, 9.17) is 4.74 Å². The van der Waals surface area contributed by atoms with Crippen LogP contribution in [0.3, 0.4) is 0 Å². The van der Waals surface area contributed by atoms with Crippen molar-refractivity contribution in [2.45, 2.75) is 52.2 Å². The van der Waals surface area contributed by atoms with Crippen LogP contribution >= 0.6 is 0 Å². The second kappa shape index (κ2) is 8.10. The molecule has 0 aliphatic heterocycles. The summed E-state index contributed by atoms with van der Waals surface area (Å²) in [6, 6.07) is 0. The van der Waals surface area contributed by atoms with Crippen molar-refractivity contribution in [2.24, 2.45) is 0 Å². The molecule has 0 saturated heterocycles. The van der Waals surface area contributed by atoms with Gasteiger partial charge in [0.05, 0.1) is 12.2 Å². The van der Waals surface area contributed by atoms with Gasteiger partial charge in [-0.1, -0.05) is 6.92 Å². The molecule has 0 aromatic carbocycles. The number of hydrogen-bond acceptors (Lipinski definition) is 2. The van der Waals surface area contributed by atoms with Gasteiger partial charge in [0.1, 0.15) is 0 Å². The van der Waals surface area contributed by atoms with Crippen LogP contribution in [0.2, 0.25) is 0 Å². The third-order valence-corrected chi connectivity index (χ3v) is 1.95. The fourth-order valence-electron chi connectivity index (χ4n) is 1.25. The fraction of sp³-hybridized carbons (Fsp3) is 0.818. The standard InChI is InChI=1S/C11H20O2/c1-4-7-8-9-10(12)11(5-2)13-6-3/h10-12H,5-6,8-9H2,1-3H3. The summed E-state index contributed by atoms with van der Waals surface area (Å²) in [6.45, 7) is 6.44. The molecule has 0 saturated carbocycles. The van der Waals surface area contributed by atoms with Gasteiger partial charge < -0.3 is 9.84 Å². The van der Waals surface area contributed by atoms with Crippen LogP contribution in [-0.4, -0.2) is 23.9 Å². The van der Waals surface area contributed by atoms with Gasteiger partial charge in [0.2, 0.25) is 0 Å². The number of hydrogen-bond donors (Lipinski definition) is 1. The Morgan fingerprint density at radius 2 is 2.08 bits per heavy atom. The third kappa shape index (κ3) is 5.68. The van der Waals surface area contributed by atoms with Gasteiger partial charge in [-0.05, 0) is 26.7 Å². The summed E-state index contributed by atoms with van der Waals surface area (Å²) in [6.07, 6.45) is 1.92. The summed E-state index contributed by atoms with van der Waals surface area (Å²) in [7, 11) is 0. The van der Waals surface area contributed by atoms with E-state index in [0.29, 0.717) is 13.0 Å². The highest BCUT2D eigenvalue weighted by Gasteiger charge is 2.16. The van der Waals surface area contributed by atoms with Gasteiger partial charge in [0, 0.05) is 13.0 Å². The molecule has 0 aromatic rings. The summed E-state index contributed by atoms with van der Waals surface area (Å²) in [5, 5.41) is 9.67. The van der Waals surface area contributed by atoms with Gasteiger partial charge in [-0.3, -0.25) is 0 Å². The van der Waals surface area contributed by atoms with Gasteiger partial charge in [-0.25, -0.2) is 0 Å². The zero-order valence-corrected chi connectivity index (χ0v) is 8.84. The van der Waals surface area contributed by atoms with Crippen LogP contribution in [0, 0.1) is 11.8 Å². The molecule has 2 heteroatoms. The Bertz CT molecular complexity index is 167. The SMILES string of the molecule is CC#CCCC(O)C(CC)OCC. The van der Waals surface area contributed by atoms with E-state index in [1.807, 2.05) is 20.8 Å². The van der Waals surface area contributed by atoms with Crippen LogP contribution in [0.25, 0.3) is 0 Å². The van der Waals surface area contributed by atoms with Gasteiger partial charge in [-0.15, -0.1) is 11.8 Å². The second-order valence-corrected chi connectivity index (χ2v) is 2.93. The first-order valence-corrected chi connectivity index (χ1v) is 4.95. The van der Waals surface area contributed by atoms with E-state index >= 15 is 0 Å². The lowest BCUT2D eigenvalue weighted by Crippen LogP contribution is -2.28. The van der Waals surface area contributed by atoms with E-state index in [2.05, 4.69) is 11.8 Å². The van der Waals surface area contributed by atoms with Crippen LogP contribution < -0.4 is 0 Å². The lowest BCUT2D eigenvalue weighted by atomic mass is 10.1. The maximum absolute atomic E-state index is 9.67. The van der Waals surface area contributed by atoms with Crippen LogP contribution in [-0.2, 0) is 4.74 Å².